The summed E-state index contributed by atoms with van der Waals surface area (Å²) in [5.74, 6) is 0.154. The fourth-order valence-corrected chi connectivity index (χ4v) is 4.18. The molecular weight excluding hydrogens is 411 g/mol. The maximum Gasteiger partial charge on any atom is 0.391 e. The molecular formula is C26H29F3N3-. The van der Waals surface area contributed by atoms with Gasteiger partial charge in [-0.25, -0.2) is 0 Å². The number of nitrogens with zero attached hydrogens (tertiary/aromatic N) is 3. The minimum Gasteiger partial charge on any atom is -0.763 e. The van der Waals surface area contributed by atoms with Gasteiger partial charge >= 0.3 is 6.18 Å². The summed E-state index contributed by atoms with van der Waals surface area (Å²) in [5.41, 5.74) is 2.06. The maximum atomic E-state index is 13.1. The summed E-state index contributed by atoms with van der Waals surface area (Å²) in [6, 6.07) is 9.90. The monoisotopic (exact) mass is 440 g/mol. The molecule has 1 aromatic carbocycles. The second-order valence-electron chi connectivity index (χ2n) is 9.01. The number of aromatic nitrogens is 2. The Morgan fingerprint density at radius 2 is 1.75 bits per heavy atom. The van der Waals surface area contributed by atoms with Crippen molar-refractivity contribution in [2.24, 2.45) is 17.8 Å². The molecule has 0 radical (unpaired) electrons. The van der Waals surface area contributed by atoms with E-state index >= 15 is 0 Å². The lowest BCUT2D eigenvalue weighted by Crippen LogP contribution is -2.29. The standard InChI is InChI=1S/C26H29F3N3/c1-15(2)32-24-10-7-16(3)11-21(24)22(13-30)25(32)23-9-8-20(14-31-23)12-17(4)18(5)19(6)26(27,28)29/h7-12,14-15,17-19H,1-6H3/q-1. The smallest absolute Gasteiger partial charge is 0.391 e. The van der Waals surface area contributed by atoms with Crippen molar-refractivity contribution >= 4 is 22.8 Å². The molecule has 0 fully saturated rings. The van der Waals surface area contributed by atoms with E-state index in [1.54, 1.807) is 20.0 Å². The zero-order chi connectivity index (χ0) is 23.8. The molecule has 2 aromatic heterocycles. The van der Waals surface area contributed by atoms with E-state index in [4.69, 9.17) is 0 Å². The zero-order valence-corrected chi connectivity index (χ0v) is 19.3. The predicted octanol–water partition coefficient (Wildman–Crippen LogP) is 5.37. The average molecular weight is 441 g/mol. The van der Waals surface area contributed by atoms with Crippen LogP contribution < -0.4 is 10.4 Å². The summed E-state index contributed by atoms with van der Waals surface area (Å²) in [5, 5.41) is 13.6. The lowest BCUT2D eigenvalue weighted by atomic mass is 9.84. The third-order valence-corrected chi connectivity index (χ3v) is 6.41. The van der Waals surface area contributed by atoms with E-state index < -0.39 is 18.0 Å². The Labute approximate surface area is 186 Å². The molecule has 0 bridgehead atoms. The van der Waals surface area contributed by atoms with Crippen molar-refractivity contribution < 1.29 is 13.2 Å². The first-order chi connectivity index (χ1) is 15.0. The molecule has 3 unspecified atom stereocenters. The number of halogens is 3. The average Bonchev–Trinajstić information content (AvgIpc) is 3.06. The Bertz CT molecular complexity index is 1340. The number of hydrogen-bond acceptors (Lipinski definition) is 1. The molecule has 2 heterocycles. The van der Waals surface area contributed by atoms with Crippen LogP contribution in [0.25, 0.3) is 22.4 Å². The normalized spacial score (nSPS) is 16.9. The number of fused-ring (bicyclic) bond motifs is 1. The van der Waals surface area contributed by atoms with Gasteiger partial charge in [0, 0.05) is 28.4 Å². The fourth-order valence-electron chi connectivity index (χ4n) is 4.18. The Morgan fingerprint density at radius 1 is 1.06 bits per heavy atom. The fraction of sp³-hybridized carbons (Fsp3) is 0.423. The zero-order valence-electron chi connectivity index (χ0n) is 19.3. The lowest BCUT2D eigenvalue weighted by Gasteiger charge is -2.26. The van der Waals surface area contributed by atoms with Gasteiger partial charge in [-0.3, -0.25) is 10.9 Å². The van der Waals surface area contributed by atoms with Crippen LogP contribution in [0.15, 0.2) is 36.5 Å². The summed E-state index contributed by atoms with van der Waals surface area (Å²) in [4.78, 5) is 4.60. The van der Waals surface area contributed by atoms with Crippen LogP contribution in [0.2, 0.25) is 0 Å². The van der Waals surface area contributed by atoms with Gasteiger partial charge in [0.2, 0.25) is 0 Å². The second kappa shape index (κ2) is 8.95. The third-order valence-electron chi connectivity index (χ3n) is 6.41. The highest BCUT2D eigenvalue weighted by atomic mass is 19.4. The van der Waals surface area contributed by atoms with E-state index in [9.17, 15) is 18.6 Å². The van der Waals surface area contributed by atoms with Crippen LogP contribution in [-0.2, 0) is 0 Å². The third kappa shape index (κ3) is 4.51. The molecule has 3 nitrogen and oxygen atoms in total. The molecule has 0 aliphatic rings. The highest BCUT2D eigenvalue weighted by molar-refractivity contribution is 5.86. The van der Waals surface area contributed by atoms with Crippen LogP contribution in [0, 0.1) is 35.4 Å². The molecule has 0 spiro atoms. The number of hydrogen-bond donors (Lipinski definition) is 0. The van der Waals surface area contributed by atoms with Crippen molar-refractivity contribution in [2.75, 3.05) is 0 Å². The van der Waals surface area contributed by atoms with Gasteiger partial charge in [-0.1, -0.05) is 44.5 Å². The van der Waals surface area contributed by atoms with E-state index in [1.807, 2.05) is 43.3 Å². The van der Waals surface area contributed by atoms with Crippen LogP contribution in [0.4, 0.5) is 13.2 Å². The van der Waals surface area contributed by atoms with Gasteiger partial charge in [0.15, 0.2) is 0 Å². The maximum absolute atomic E-state index is 13.1. The van der Waals surface area contributed by atoms with Gasteiger partial charge in [0.05, 0.1) is 16.6 Å². The molecule has 0 saturated carbocycles. The van der Waals surface area contributed by atoms with Gasteiger partial charge in [0.25, 0.3) is 0 Å². The molecule has 0 aliphatic heterocycles. The van der Waals surface area contributed by atoms with E-state index in [-0.39, 0.29) is 12.0 Å². The van der Waals surface area contributed by atoms with Gasteiger partial charge in [-0.15, -0.1) is 0 Å². The summed E-state index contributed by atoms with van der Waals surface area (Å²) in [7, 11) is 0. The molecule has 0 aliphatic carbocycles. The summed E-state index contributed by atoms with van der Waals surface area (Å²) in [6.45, 7) is 10.8. The van der Waals surface area contributed by atoms with E-state index in [0.717, 1.165) is 27.0 Å². The molecule has 3 rings (SSSR count). The highest BCUT2D eigenvalue weighted by Gasteiger charge is 2.40. The summed E-state index contributed by atoms with van der Waals surface area (Å²) >= 11 is 0. The summed E-state index contributed by atoms with van der Waals surface area (Å²) in [6.07, 6.45) is -0.707. The molecule has 0 saturated heterocycles. The molecule has 3 aromatic rings. The molecule has 0 amide bonds. The van der Waals surface area contributed by atoms with E-state index in [2.05, 4.69) is 29.3 Å². The Kier molecular flexibility index (Phi) is 6.66. The van der Waals surface area contributed by atoms with Crippen LogP contribution in [0.5, 0.6) is 0 Å². The number of aryl methyl sites for hydroxylation is 1. The first-order valence-electron chi connectivity index (χ1n) is 10.9. The predicted molar refractivity (Wildman–Crippen MR) is 124 cm³/mol. The van der Waals surface area contributed by atoms with Crippen molar-refractivity contribution in [1.82, 2.24) is 9.55 Å². The van der Waals surface area contributed by atoms with Gasteiger partial charge < -0.3 is 9.98 Å². The van der Waals surface area contributed by atoms with Crippen molar-refractivity contribution in [2.45, 2.75) is 53.8 Å². The number of rotatable bonds is 4. The summed E-state index contributed by atoms with van der Waals surface area (Å²) < 4.78 is 41.3. The number of alkyl halides is 3. The van der Waals surface area contributed by atoms with Gasteiger partial charge in [0.1, 0.15) is 0 Å². The SMILES string of the molecule is Cc1ccc2c(c1)c(=C=[N-])c(=c1ccc(=CC(C)C(C)C(C)C(F)(F)F)cn1)n2C(C)C. The van der Waals surface area contributed by atoms with Crippen LogP contribution in [-0.4, -0.2) is 21.6 Å². The molecule has 32 heavy (non-hydrogen) atoms. The Morgan fingerprint density at radius 3 is 2.28 bits per heavy atom. The minimum atomic E-state index is -4.21. The molecule has 170 valence electrons. The van der Waals surface area contributed by atoms with Gasteiger partial charge in [-0.2, -0.15) is 13.2 Å². The first kappa shape index (κ1) is 23.8. The van der Waals surface area contributed by atoms with Gasteiger partial charge in [-0.05, 0) is 56.0 Å². The Hall–Kier alpha value is -2.85. The van der Waals surface area contributed by atoms with Crippen molar-refractivity contribution in [3.8, 4) is 0 Å². The molecule has 6 heteroatoms. The minimum absolute atomic E-state index is 0.120. The van der Waals surface area contributed by atoms with E-state index in [1.165, 1.54) is 6.92 Å². The lowest BCUT2D eigenvalue weighted by molar-refractivity contribution is -0.184. The van der Waals surface area contributed by atoms with Crippen LogP contribution in [0.3, 0.4) is 0 Å². The van der Waals surface area contributed by atoms with Crippen molar-refractivity contribution in [1.29, 1.82) is 0 Å². The van der Waals surface area contributed by atoms with Crippen molar-refractivity contribution in [3.05, 3.63) is 68.6 Å². The quantitative estimate of drug-likeness (QED) is 0.503. The van der Waals surface area contributed by atoms with Crippen LogP contribution in [0.1, 0.15) is 46.2 Å². The molecule has 3 atom stereocenters. The van der Waals surface area contributed by atoms with E-state index in [0.29, 0.717) is 10.6 Å². The van der Waals surface area contributed by atoms with Crippen molar-refractivity contribution in [3.63, 3.8) is 0 Å². The largest absolute Gasteiger partial charge is 0.763 e. The van der Waals surface area contributed by atoms with Crippen LogP contribution >= 0.6 is 0 Å². The highest BCUT2D eigenvalue weighted by Crippen LogP contribution is 2.35. The first-order valence-corrected chi connectivity index (χ1v) is 10.9. The second-order valence-corrected chi connectivity index (χ2v) is 9.01. The Balaban J connectivity index is 2.21. The topological polar surface area (TPSA) is 40.1 Å². The molecule has 0 N–H and O–H groups in total. The number of pyridine rings is 1. The number of benzene rings is 1.